The molecule has 3 amide bonds. The van der Waals surface area contributed by atoms with Crippen molar-refractivity contribution in [3.05, 3.63) is 23.3 Å². The minimum Gasteiger partial charge on any atom is -0.492 e. The van der Waals surface area contributed by atoms with Crippen LogP contribution in [-0.2, 0) is 14.9 Å². The number of rotatable bonds is 3. The van der Waals surface area contributed by atoms with Crippen LogP contribution in [-0.4, -0.2) is 54.3 Å². The second-order valence-corrected chi connectivity index (χ2v) is 9.16. The van der Waals surface area contributed by atoms with Gasteiger partial charge in [-0.2, -0.15) is 5.26 Å². The van der Waals surface area contributed by atoms with E-state index in [1.54, 1.807) is 6.07 Å². The van der Waals surface area contributed by atoms with Gasteiger partial charge in [0.05, 0.1) is 12.2 Å². The number of benzene rings is 1. The molecule has 0 bridgehead atoms. The lowest BCUT2D eigenvalue weighted by atomic mass is 9.85. The van der Waals surface area contributed by atoms with E-state index in [-0.39, 0.29) is 29.5 Å². The van der Waals surface area contributed by atoms with E-state index >= 15 is 0 Å². The fourth-order valence-corrected chi connectivity index (χ4v) is 5.27. The Bertz CT molecular complexity index is 983. The van der Waals surface area contributed by atoms with Gasteiger partial charge < -0.3 is 19.5 Å². The standard InChI is InChI=1S/C22H23N3O5/c23-11-13-1-2-16-17(21(3-4-21)12-29-16)18(13)30-15-9-14(10-15)25-19(26)22(24-20(25)27)5-7-28-8-6-22/h1-2,14-15H,3-10,12H2,(H,24,27). The van der Waals surface area contributed by atoms with Gasteiger partial charge in [-0.15, -0.1) is 0 Å². The van der Waals surface area contributed by atoms with Crippen molar-refractivity contribution in [2.75, 3.05) is 19.8 Å². The molecule has 8 heteroatoms. The van der Waals surface area contributed by atoms with Crippen LogP contribution in [0.4, 0.5) is 4.79 Å². The zero-order valence-electron chi connectivity index (χ0n) is 16.6. The summed E-state index contributed by atoms with van der Waals surface area (Å²) in [6.45, 7) is 1.61. The number of hydrogen-bond acceptors (Lipinski definition) is 6. The third-order valence-electron chi connectivity index (χ3n) is 7.39. The van der Waals surface area contributed by atoms with Gasteiger partial charge in [0.1, 0.15) is 29.2 Å². The van der Waals surface area contributed by atoms with Crippen LogP contribution in [0.15, 0.2) is 12.1 Å². The largest absolute Gasteiger partial charge is 0.492 e. The summed E-state index contributed by atoms with van der Waals surface area (Å²) in [5, 5.41) is 12.5. The summed E-state index contributed by atoms with van der Waals surface area (Å²) in [6, 6.07) is 5.37. The van der Waals surface area contributed by atoms with Crippen LogP contribution in [0.2, 0.25) is 0 Å². The number of nitrogens with one attached hydrogen (secondary N) is 1. The number of nitriles is 1. The first kappa shape index (κ1) is 18.0. The molecule has 4 fully saturated rings. The Morgan fingerprint density at radius 2 is 1.93 bits per heavy atom. The van der Waals surface area contributed by atoms with Gasteiger partial charge in [-0.3, -0.25) is 9.69 Å². The first-order valence-corrected chi connectivity index (χ1v) is 10.7. The summed E-state index contributed by atoms with van der Waals surface area (Å²) >= 11 is 0. The van der Waals surface area contributed by atoms with Crippen molar-refractivity contribution < 1.29 is 23.8 Å². The minimum atomic E-state index is -0.800. The predicted molar refractivity (Wildman–Crippen MR) is 103 cm³/mol. The SMILES string of the molecule is N#Cc1ccc2c(c1OC1CC(N3C(=O)NC4(CCOCC4)C3=O)C1)C1(CC1)CO2. The van der Waals surface area contributed by atoms with Crippen LogP contribution in [0.5, 0.6) is 11.5 Å². The summed E-state index contributed by atoms with van der Waals surface area (Å²) in [4.78, 5) is 27.0. The molecule has 2 saturated carbocycles. The van der Waals surface area contributed by atoms with Crippen molar-refractivity contribution in [2.45, 2.75) is 61.6 Å². The van der Waals surface area contributed by atoms with Gasteiger partial charge in [-0.05, 0) is 25.0 Å². The number of carbonyl (C=O) groups excluding carboxylic acids is 2. The van der Waals surface area contributed by atoms with E-state index in [0.29, 0.717) is 56.8 Å². The normalized spacial score (nSPS) is 29.8. The molecule has 0 atom stereocenters. The molecular weight excluding hydrogens is 386 g/mol. The first-order chi connectivity index (χ1) is 14.6. The molecule has 8 nitrogen and oxygen atoms in total. The molecule has 1 N–H and O–H groups in total. The Balaban J connectivity index is 1.19. The molecule has 0 radical (unpaired) electrons. The van der Waals surface area contributed by atoms with Crippen molar-refractivity contribution >= 4 is 11.9 Å². The molecule has 0 unspecified atom stereocenters. The minimum absolute atomic E-state index is 0.000907. The van der Waals surface area contributed by atoms with Gasteiger partial charge in [0, 0.05) is 55.9 Å². The van der Waals surface area contributed by atoms with Crippen molar-refractivity contribution in [3.63, 3.8) is 0 Å². The number of imide groups is 1. The van der Waals surface area contributed by atoms with E-state index in [1.165, 1.54) is 4.90 Å². The number of urea groups is 1. The van der Waals surface area contributed by atoms with E-state index < -0.39 is 5.54 Å². The van der Waals surface area contributed by atoms with Crippen molar-refractivity contribution in [2.24, 2.45) is 0 Å². The maximum absolute atomic E-state index is 13.0. The maximum Gasteiger partial charge on any atom is 0.325 e. The van der Waals surface area contributed by atoms with Crippen LogP contribution in [0.3, 0.4) is 0 Å². The molecule has 6 rings (SSSR count). The third-order valence-corrected chi connectivity index (χ3v) is 7.39. The summed E-state index contributed by atoms with van der Waals surface area (Å²) in [5.74, 6) is 1.31. The van der Waals surface area contributed by atoms with Crippen LogP contribution in [0, 0.1) is 11.3 Å². The summed E-state index contributed by atoms with van der Waals surface area (Å²) in [5.41, 5.74) is 0.748. The average Bonchev–Trinajstić information content (AvgIpc) is 3.35. The molecule has 2 aliphatic carbocycles. The van der Waals surface area contributed by atoms with Crippen LogP contribution in [0.25, 0.3) is 0 Å². The number of hydrogen-bond donors (Lipinski definition) is 1. The Labute approximate surface area is 174 Å². The van der Waals surface area contributed by atoms with Gasteiger partial charge in [-0.1, -0.05) is 0 Å². The van der Waals surface area contributed by atoms with E-state index in [4.69, 9.17) is 14.2 Å². The predicted octanol–water partition coefficient (Wildman–Crippen LogP) is 1.99. The molecule has 2 saturated heterocycles. The average molecular weight is 409 g/mol. The molecule has 5 aliphatic rings. The van der Waals surface area contributed by atoms with Crippen LogP contribution < -0.4 is 14.8 Å². The molecule has 30 heavy (non-hydrogen) atoms. The van der Waals surface area contributed by atoms with Crippen LogP contribution in [0.1, 0.15) is 49.7 Å². The van der Waals surface area contributed by atoms with Gasteiger partial charge in [-0.25, -0.2) is 4.79 Å². The smallest absolute Gasteiger partial charge is 0.325 e. The Morgan fingerprint density at radius 1 is 1.17 bits per heavy atom. The molecule has 3 aliphatic heterocycles. The zero-order chi connectivity index (χ0) is 20.5. The topological polar surface area (TPSA) is 101 Å². The fourth-order valence-electron chi connectivity index (χ4n) is 5.27. The first-order valence-electron chi connectivity index (χ1n) is 10.7. The number of carbonyl (C=O) groups is 2. The summed E-state index contributed by atoms with van der Waals surface area (Å²) in [6.07, 6.45) is 4.16. The number of ether oxygens (including phenoxy) is 3. The molecule has 2 spiro atoms. The third kappa shape index (κ3) is 2.42. The quantitative estimate of drug-likeness (QED) is 0.767. The van der Waals surface area contributed by atoms with Crippen molar-refractivity contribution in [1.82, 2.24) is 10.2 Å². The van der Waals surface area contributed by atoms with Crippen molar-refractivity contribution in [3.8, 4) is 17.6 Å². The summed E-state index contributed by atoms with van der Waals surface area (Å²) < 4.78 is 17.5. The fraction of sp³-hybridized carbons (Fsp3) is 0.591. The van der Waals surface area contributed by atoms with E-state index in [0.717, 1.165) is 24.2 Å². The van der Waals surface area contributed by atoms with Gasteiger partial charge in [0.25, 0.3) is 5.91 Å². The number of amides is 3. The highest BCUT2D eigenvalue weighted by atomic mass is 16.5. The molecule has 0 aromatic heterocycles. The maximum atomic E-state index is 13.0. The Hall–Kier alpha value is -2.79. The van der Waals surface area contributed by atoms with E-state index in [1.807, 2.05) is 6.07 Å². The Morgan fingerprint density at radius 3 is 2.63 bits per heavy atom. The van der Waals surface area contributed by atoms with Crippen molar-refractivity contribution in [1.29, 1.82) is 5.26 Å². The molecular formula is C22H23N3O5. The second kappa shape index (κ2) is 6.11. The highest BCUT2D eigenvalue weighted by Gasteiger charge is 2.57. The van der Waals surface area contributed by atoms with Gasteiger partial charge in [0.2, 0.25) is 0 Å². The lowest BCUT2D eigenvalue weighted by Crippen LogP contribution is -2.54. The van der Waals surface area contributed by atoms with E-state index in [2.05, 4.69) is 11.4 Å². The van der Waals surface area contributed by atoms with E-state index in [9.17, 15) is 14.9 Å². The lowest BCUT2D eigenvalue weighted by molar-refractivity contribution is -0.138. The number of fused-ring (bicyclic) bond motifs is 2. The highest BCUT2D eigenvalue weighted by molar-refractivity contribution is 6.07. The lowest BCUT2D eigenvalue weighted by Gasteiger charge is -2.40. The van der Waals surface area contributed by atoms with Gasteiger partial charge in [0.15, 0.2) is 0 Å². The molecule has 3 heterocycles. The molecule has 1 aromatic carbocycles. The molecule has 1 aromatic rings. The van der Waals surface area contributed by atoms with Crippen LogP contribution >= 0.6 is 0 Å². The second-order valence-electron chi connectivity index (χ2n) is 9.16. The summed E-state index contributed by atoms with van der Waals surface area (Å²) in [7, 11) is 0. The van der Waals surface area contributed by atoms with Gasteiger partial charge >= 0.3 is 6.03 Å². The molecule has 156 valence electrons. The monoisotopic (exact) mass is 409 g/mol. The number of nitrogens with zero attached hydrogens (tertiary/aromatic N) is 2. The highest BCUT2D eigenvalue weighted by Crippen LogP contribution is 2.59. The zero-order valence-corrected chi connectivity index (χ0v) is 16.6. The Kier molecular flexibility index (Phi) is 3.67.